The maximum atomic E-state index is 12.6. The van der Waals surface area contributed by atoms with E-state index in [1.54, 1.807) is 0 Å². The second kappa shape index (κ2) is 5.38. The monoisotopic (exact) mass is 291 g/mol. The molecule has 1 aromatic rings. The molecule has 114 valence electrons. The van der Waals surface area contributed by atoms with Crippen molar-refractivity contribution in [1.82, 2.24) is 25.2 Å². The van der Waals surface area contributed by atoms with Gasteiger partial charge in [-0.05, 0) is 38.8 Å². The summed E-state index contributed by atoms with van der Waals surface area (Å²) in [5.41, 5.74) is 0.467. The molecule has 1 amide bonds. The quantitative estimate of drug-likeness (QED) is 0.843. The minimum absolute atomic E-state index is 0.00427. The molecule has 1 aromatic heterocycles. The summed E-state index contributed by atoms with van der Waals surface area (Å²) < 4.78 is 7.64. The Bertz CT molecular complexity index is 513. The molecular weight excluding hydrogens is 270 g/mol. The van der Waals surface area contributed by atoms with Gasteiger partial charge in [-0.3, -0.25) is 4.79 Å². The molecule has 0 aliphatic carbocycles. The number of amides is 1. The zero-order valence-corrected chi connectivity index (χ0v) is 12.1. The van der Waals surface area contributed by atoms with Gasteiger partial charge in [0.15, 0.2) is 5.69 Å². The fraction of sp³-hybridized carbons (Fsp3) is 0.786. The maximum absolute atomic E-state index is 12.6. The molecule has 0 saturated carbocycles. The molecule has 3 aliphatic heterocycles. The average molecular weight is 291 g/mol. The molecule has 3 aliphatic rings. The highest BCUT2D eigenvalue weighted by molar-refractivity contribution is 5.92. The number of carbonyl (C=O) groups is 1. The summed E-state index contributed by atoms with van der Waals surface area (Å²) in [4.78, 5) is 14.4. The second-order valence-electron chi connectivity index (χ2n) is 6.23. The van der Waals surface area contributed by atoms with Gasteiger partial charge in [0.2, 0.25) is 0 Å². The van der Waals surface area contributed by atoms with Gasteiger partial charge in [0.05, 0.1) is 24.4 Å². The lowest BCUT2D eigenvalue weighted by molar-refractivity contribution is -0.0305. The van der Waals surface area contributed by atoms with Crippen LogP contribution in [-0.2, 0) is 4.74 Å². The predicted octanol–water partition coefficient (Wildman–Crippen LogP) is 0.206. The molecule has 3 fully saturated rings. The van der Waals surface area contributed by atoms with Crippen LogP contribution in [-0.4, -0.2) is 64.2 Å². The van der Waals surface area contributed by atoms with Gasteiger partial charge in [0.1, 0.15) is 0 Å². The van der Waals surface area contributed by atoms with Gasteiger partial charge in [-0.15, -0.1) is 5.10 Å². The van der Waals surface area contributed by atoms with Crippen LogP contribution in [0.25, 0.3) is 0 Å². The third-order valence-electron chi connectivity index (χ3n) is 4.74. The first-order chi connectivity index (χ1) is 10.3. The van der Waals surface area contributed by atoms with Gasteiger partial charge in [0.25, 0.3) is 5.91 Å². The first-order valence-corrected chi connectivity index (χ1v) is 7.87. The van der Waals surface area contributed by atoms with E-state index < -0.39 is 0 Å². The number of fused-ring (bicyclic) bond motifs is 2. The number of aromatic nitrogens is 3. The van der Waals surface area contributed by atoms with Gasteiger partial charge in [-0.25, -0.2) is 4.68 Å². The fourth-order valence-corrected chi connectivity index (χ4v) is 3.57. The largest absolute Gasteiger partial charge is 0.371 e. The third-order valence-corrected chi connectivity index (χ3v) is 4.74. The lowest BCUT2D eigenvalue weighted by Crippen LogP contribution is -2.45. The fourth-order valence-electron chi connectivity index (χ4n) is 3.57. The summed E-state index contributed by atoms with van der Waals surface area (Å²) in [6, 6.07) is 0.362. The van der Waals surface area contributed by atoms with E-state index in [1.807, 2.05) is 15.8 Å². The first-order valence-electron chi connectivity index (χ1n) is 7.87. The Morgan fingerprint density at radius 2 is 1.90 bits per heavy atom. The summed E-state index contributed by atoms with van der Waals surface area (Å²) in [6.45, 7) is 3.38. The van der Waals surface area contributed by atoms with Crippen LogP contribution in [0.15, 0.2) is 6.20 Å². The van der Waals surface area contributed by atoms with Crippen molar-refractivity contribution in [2.75, 3.05) is 26.2 Å². The van der Waals surface area contributed by atoms with Crippen molar-refractivity contribution in [3.8, 4) is 0 Å². The van der Waals surface area contributed by atoms with Gasteiger partial charge in [-0.1, -0.05) is 5.21 Å². The van der Waals surface area contributed by atoms with Crippen LogP contribution in [0, 0.1) is 0 Å². The van der Waals surface area contributed by atoms with Crippen LogP contribution >= 0.6 is 0 Å². The molecule has 4 rings (SSSR count). The molecule has 1 N–H and O–H groups in total. The lowest BCUT2D eigenvalue weighted by atomic mass is 10.1. The topological polar surface area (TPSA) is 72.3 Å². The lowest BCUT2D eigenvalue weighted by Gasteiger charge is -2.31. The number of carbonyl (C=O) groups excluding carboxylic acids is 1. The molecule has 2 atom stereocenters. The summed E-state index contributed by atoms with van der Waals surface area (Å²) >= 11 is 0. The number of likely N-dealkylation sites (tertiary alicyclic amines) is 1. The molecule has 2 bridgehead atoms. The van der Waals surface area contributed by atoms with E-state index in [9.17, 15) is 4.79 Å². The number of nitrogens with zero attached hydrogens (tertiary/aromatic N) is 4. The predicted molar refractivity (Wildman–Crippen MR) is 75.0 cm³/mol. The Kier molecular flexibility index (Phi) is 3.39. The Morgan fingerprint density at radius 1 is 1.19 bits per heavy atom. The van der Waals surface area contributed by atoms with E-state index in [0.717, 1.165) is 38.8 Å². The Labute approximate surface area is 123 Å². The summed E-state index contributed by atoms with van der Waals surface area (Å²) in [7, 11) is 0. The zero-order valence-electron chi connectivity index (χ0n) is 12.1. The van der Waals surface area contributed by atoms with E-state index >= 15 is 0 Å². The SMILES string of the molecule is O=C(c1cn(C2CCNCC2)nn1)N1CC2CCC(C1)O2. The van der Waals surface area contributed by atoms with E-state index in [1.165, 1.54) is 0 Å². The standard InChI is InChI=1S/C14H21N5O2/c20-14(18-7-11-1-2-12(8-18)21-11)13-9-19(17-16-13)10-3-5-15-6-4-10/h9-12,15H,1-8H2. The normalized spacial score (nSPS) is 29.8. The van der Waals surface area contributed by atoms with E-state index in [2.05, 4.69) is 15.6 Å². The molecule has 4 heterocycles. The molecule has 3 saturated heterocycles. The van der Waals surface area contributed by atoms with Crippen molar-refractivity contribution in [3.05, 3.63) is 11.9 Å². The Hall–Kier alpha value is -1.47. The number of rotatable bonds is 2. The minimum Gasteiger partial charge on any atom is -0.371 e. The number of ether oxygens (including phenoxy) is 1. The smallest absolute Gasteiger partial charge is 0.276 e. The van der Waals surface area contributed by atoms with Crippen molar-refractivity contribution in [1.29, 1.82) is 0 Å². The van der Waals surface area contributed by atoms with Crippen molar-refractivity contribution in [3.63, 3.8) is 0 Å². The second-order valence-corrected chi connectivity index (χ2v) is 6.23. The van der Waals surface area contributed by atoms with E-state index in [0.29, 0.717) is 24.8 Å². The van der Waals surface area contributed by atoms with E-state index in [4.69, 9.17) is 4.74 Å². The van der Waals surface area contributed by atoms with Crippen LogP contribution in [0.5, 0.6) is 0 Å². The van der Waals surface area contributed by atoms with Crippen LogP contribution in [0.2, 0.25) is 0 Å². The number of morpholine rings is 1. The minimum atomic E-state index is -0.00427. The Morgan fingerprint density at radius 3 is 2.62 bits per heavy atom. The highest BCUT2D eigenvalue weighted by atomic mass is 16.5. The molecule has 0 spiro atoms. The van der Waals surface area contributed by atoms with Crippen molar-refractivity contribution >= 4 is 5.91 Å². The third kappa shape index (κ3) is 2.55. The van der Waals surface area contributed by atoms with Crippen LogP contribution in [0.4, 0.5) is 0 Å². The van der Waals surface area contributed by atoms with Crippen LogP contribution in [0.3, 0.4) is 0 Å². The summed E-state index contributed by atoms with van der Waals surface area (Å²) in [6.07, 6.45) is 6.46. The highest BCUT2D eigenvalue weighted by Crippen LogP contribution is 2.27. The average Bonchev–Trinajstić information content (AvgIpc) is 3.14. The number of piperidine rings is 1. The van der Waals surface area contributed by atoms with Gasteiger partial charge < -0.3 is 15.0 Å². The number of nitrogens with one attached hydrogen (secondary N) is 1. The highest BCUT2D eigenvalue weighted by Gasteiger charge is 2.36. The van der Waals surface area contributed by atoms with Crippen molar-refractivity contribution < 1.29 is 9.53 Å². The molecule has 0 radical (unpaired) electrons. The molecule has 7 nitrogen and oxygen atoms in total. The molecule has 2 unspecified atom stereocenters. The summed E-state index contributed by atoms with van der Waals surface area (Å²) in [5, 5.41) is 11.6. The molecule has 21 heavy (non-hydrogen) atoms. The molecule has 7 heteroatoms. The zero-order chi connectivity index (χ0) is 14.2. The Balaban J connectivity index is 1.46. The van der Waals surface area contributed by atoms with Crippen molar-refractivity contribution in [2.24, 2.45) is 0 Å². The number of hydrogen-bond donors (Lipinski definition) is 1. The van der Waals surface area contributed by atoms with Gasteiger partial charge >= 0.3 is 0 Å². The van der Waals surface area contributed by atoms with Crippen LogP contribution < -0.4 is 5.32 Å². The first kappa shape index (κ1) is 13.2. The maximum Gasteiger partial charge on any atom is 0.276 e. The van der Waals surface area contributed by atoms with Crippen LogP contribution in [0.1, 0.15) is 42.2 Å². The van der Waals surface area contributed by atoms with Gasteiger partial charge in [-0.2, -0.15) is 0 Å². The van der Waals surface area contributed by atoms with E-state index in [-0.39, 0.29) is 18.1 Å². The number of hydrogen-bond acceptors (Lipinski definition) is 5. The van der Waals surface area contributed by atoms with Gasteiger partial charge in [0, 0.05) is 13.1 Å². The molecular formula is C14H21N5O2. The molecule has 0 aromatic carbocycles. The summed E-state index contributed by atoms with van der Waals surface area (Å²) in [5.74, 6) is -0.00427. The van der Waals surface area contributed by atoms with Crippen molar-refractivity contribution in [2.45, 2.75) is 43.9 Å².